The van der Waals surface area contributed by atoms with E-state index in [-0.39, 0.29) is 0 Å². The van der Waals surface area contributed by atoms with Crippen LogP contribution in [0.2, 0.25) is 0 Å². The number of hydrogen-bond donors (Lipinski definition) is 2. The molecule has 2 aromatic rings. The zero-order valence-electron chi connectivity index (χ0n) is 9.40. The predicted octanol–water partition coefficient (Wildman–Crippen LogP) is 2.16. The van der Waals surface area contributed by atoms with Gasteiger partial charge in [0.25, 0.3) is 0 Å². The Morgan fingerprint density at radius 2 is 2.25 bits per heavy atom. The molecule has 0 spiro atoms. The van der Waals surface area contributed by atoms with Gasteiger partial charge in [-0.3, -0.25) is 0 Å². The van der Waals surface area contributed by atoms with Gasteiger partial charge >= 0.3 is 0 Å². The molecule has 4 nitrogen and oxygen atoms in total. The summed E-state index contributed by atoms with van der Waals surface area (Å²) in [6.07, 6.45) is 7.45. The van der Waals surface area contributed by atoms with E-state index in [1.165, 1.54) is 5.56 Å². The zero-order valence-corrected chi connectivity index (χ0v) is 9.40. The Hall–Kier alpha value is -1.84. The highest BCUT2D eigenvalue weighted by molar-refractivity contribution is 5.42. The molecule has 4 heteroatoms. The Kier molecular flexibility index (Phi) is 3.53. The molecule has 0 aromatic carbocycles. The van der Waals surface area contributed by atoms with Crippen molar-refractivity contribution in [1.82, 2.24) is 15.0 Å². The van der Waals surface area contributed by atoms with E-state index in [1.807, 2.05) is 18.5 Å². The molecule has 0 saturated heterocycles. The molecule has 16 heavy (non-hydrogen) atoms. The van der Waals surface area contributed by atoms with E-state index in [0.29, 0.717) is 0 Å². The number of nitrogens with one attached hydrogen (secondary N) is 2. The number of hydrogen-bond acceptors (Lipinski definition) is 3. The van der Waals surface area contributed by atoms with Gasteiger partial charge in [0.05, 0.1) is 0 Å². The van der Waals surface area contributed by atoms with E-state index in [1.54, 1.807) is 6.20 Å². The lowest BCUT2D eigenvalue weighted by Gasteiger charge is -2.06. The van der Waals surface area contributed by atoms with E-state index in [9.17, 15) is 0 Å². The summed E-state index contributed by atoms with van der Waals surface area (Å²) in [4.78, 5) is 11.6. The maximum atomic E-state index is 4.28. The summed E-state index contributed by atoms with van der Waals surface area (Å²) in [6.45, 7) is 2.97. The van der Waals surface area contributed by atoms with Crippen molar-refractivity contribution in [2.75, 3.05) is 11.9 Å². The summed E-state index contributed by atoms with van der Waals surface area (Å²) in [5, 5.41) is 3.32. The Morgan fingerprint density at radius 1 is 1.31 bits per heavy atom. The Balaban J connectivity index is 1.74. The molecule has 0 atom stereocenters. The van der Waals surface area contributed by atoms with E-state index in [2.05, 4.69) is 33.3 Å². The predicted molar refractivity (Wildman–Crippen MR) is 64.4 cm³/mol. The highest BCUT2D eigenvalue weighted by Crippen LogP contribution is 2.08. The van der Waals surface area contributed by atoms with Crippen molar-refractivity contribution in [3.05, 3.63) is 42.1 Å². The molecule has 2 aromatic heterocycles. The largest absolute Gasteiger partial charge is 0.370 e. The van der Waals surface area contributed by atoms with E-state index >= 15 is 0 Å². The number of imidazole rings is 1. The van der Waals surface area contributed by atoms with Crippen molar-refractivity contribution < 1.29 is 0 Å². The SMILES string of the molecule is Cc1cccnc1NCCCc1ncc[nH]1. The van der Waals surface area contributed by atoms with Crippen LogP contribution < -0.4 is 5.32 Å². The second kappa shape index (κ2) is 5.30. The topological polar surface area (TPSA) is 53.6 Å². The average molecular weight is 216 g/mol. The molecule has 0 saturated carbocycles. The lowest BCUT2D eigenvalue weighted by atomic mass is 10.2. The Morgan fingerprint density at radius 3 is 3.00 bits per heavy atom. The minimum Gasteiger partial charge on any atom is -0.370 e. The summed E-state index contributed by atoms with van der Waals surface area (Å²) in [5.41, 5.74) is 1.18. The van der Waals surface area contributed by atoms with Crippen LogP contribution in [0.15, 0.2) is 30.7 Å². The molecule has 0 fully saturated rings. The van der Waals surface area contributed by atoms with Crippen molar-refractivity contribution in [3.8, 4) is 0 Å². The van der Waals surface area contributed by atoms with Crippen molar-refractivity contribution in [1.29, 1.82) is 0 Å². The molecule has 0 bridgehead atoms. The molecule has 0 aliphatic rings. The molecular weight excluding hydrogens is 200 g/mol. The van der Waals surface area contributed by atoms with E-state index in [4.69, 9.17) is 0 Å². The summed E-state index contributed by atoms with van der Waals surface area (Å²) >= 11 is 0. The standard InChI is InChI=1S/C12H16N4/c1-10-4-2-6-15-12(10)16-7-3-5-11-13-8-9-14-11/h2,4,6,8-9H,3,5,7H2,1H3,(H,13,14)(H,15,16). The third kappa shape index (κ3) is 2.82. The smallest absolute Gasteiger partial charge is 0.128 e. The van der Waals surface area contributed by atoms with Gasteiger partial charge in [0.2, 0.25) is 0 Å². The summed E-state index contributed by atoms with van der Waals surface area (Å²) in [6, 6.07) is 4.01. The fourth-order valence-electron chi connectivity index (χ4n) is 1.57. The van der Waals surface area contributed by atoms with Gasteiger partial charge in [0.15, 0.2) is 0 Å². The van der Waals surface area contributed by atoms with Crippen LogP contribution in [0.3, 0.4) is 0 Å². The lowest BCUT2D eigenvalue weighted by molar-refractivity contribution is 0.813. The van der Waals surface area contributed by atoms with Crippen LogP contribution in [0.5, 0.6) is 0 Å². The average Bonchev–Trinajstić information content (AvgIpc) is 2.79. The summed E-state index contributed by atoms with van der Waals surface area (Å²) in [7, 11) is 0. The second-order valence-electron chi connectivity index (χ2n) is 3.74. The number of rotatable bonds is 5. The van der Waals surface area contributed by atoms with Crippen molar-refractivity contribution in [3.63, 3.8) is 0 Å². The normalized spacial score (nSPS) is 10.3. The van der Waals surface area contributed by atoms with Crippen LogP contribution in [-0.4, -0.2) is 21.5 Å². The molecule has 2 rings (SSSR count). The van der Waals surface area contributed by atoms with Gasteiger partial charge in [-0.2, -0.15) is 0 Å². The first-order chi connectivity index (χ1) is 7.86. The van der Waals surface area contributed by atoms with Crippen LogP contribution in [0.25, 0.3) is 0 Å². The Bertz CT molecular complexity index is 422. The van der Waals surface area contributed by atoms with Gasteiger partial charge in [0, 0.05) is 31.6 Å². The number of nitrogens with zero attached hydrogens (tertiary/aromatic N) is 2. The fraction of sp³-hybridized carbons (Fsp3) is 0.333. The third-order valence-corrected chi connectivity index (χ3v) is 2.45. The van der Waals surface area contributed by atoms with Gasteiger partial charge < -0.3 is 10.3 Å². The molecule has 0 unspecified atom stereocenters. The quantitative estimate of drug-likeness (QED) is 0.753. The van der Waals surface area contributed by atoms with Gasteiger partial charge in [-0.05, 0) is 25.0 Å². The maximum absolute atomic E-state index is 4.28. The summed E-state index contributed by atoms with van der Waals surface area (Å²) < 4.78 is 0. The first kappa shape index (κ1) is 10.7. The van der Waals surface area contributed by atoms with Crippen molar-refractivity contribution >= 4 is 5.82 Å². The van der Waals surface area contributed by atoms with Crippen LogP contribution in [0.1, 0.15) is 17.8 Å². The van der Waals surface area contributed by atoms with Crippen molar-refractivity contribution in [2.24, 2.45) is 0 Å². The molecule has 0 aliphatic carbocycles. The molecule has 0 amide bonds. The lowest BCUT2D eigenvalue weighted by Crippen LogP contribution is -2.06. The van der Waals surface area contributed by atoms with Gasteiger partial charge in [-0.25, -0.2) is 9.97 Å². The highest BCUT2D eigenvalue weighted by atomic mass is 15.0. The maximum Gasteiger partial charge on any atom is 0.128 e. The third-order valence-electron chi connectivity index (χ3n) is 2.45. The first-order valence-corrected chi connectivity index (χ1v) is 5.50. The number of aryl methyl sites for hydroxylation is 2. The number of aromatic nitrogens is 3. The number of anilines is 1. The number of pyridine rings is 1. The zero-order chi connectivity index (χ0) is 11.2. The fourth-order valence-corrected chi connectivity index (χ4v) is 1.57. The van der Waals surface area contributed by atoms with Crippen LogP contribution >= 0.6 is 0 Å². The molecule has 2 N–H and O–H groups in total. The minimum absolute atomic E-state index is 0.915. The van der Waals surface area contributed by atoms with Gasteiger partial charge in [0.1, 0.15) is 11.6 Å². The van der Waals surface area contributed by atoms with E-state index < -0.39 is 0 Å². The van der Waals surface area contributed by atoms with Gasteiger partial charge in [-0.1, -0.05) is 6.07 Å². The summed E-state index contributed by atoms with van der Waals surface area (Å²) in [5.74, 6) is 2.02. The van der Waals surface area contributed by atoms with Crippen LogP contribution in [0.4, 0.5) is 5.82 Å². The van der Waals surface area contributed by atoms with Gasteiger partial charge in [-0.15, -0.1) is 0 Å². The molecule has 0 aliphatic heterocycles. The molecule has 0 radical (unpaired) electrons. The van der Waals surface area contributed by atoms with Crippen LogP contribution in [-0.2, 0) is 6.42 Å². The molecule has 84 valence electrons. The monoisotopic (exact) mass is 216 g/mol. The first-order valence-electron chi connectivity index (χ1n) is 5.50. The Labute approximate surface area is 95.1 Å². The minimum atomic E-state index is 0.915. The second-order valence-corrected chi connectivity index (χ2v) is 3.74. The number of H-pyrrole nitrogens is 1. The van der Waals surface area contributed by atoms with Crippen molar-refractivity contribution in [2.45, 2.75) is 19.8 Å². The van der Waals surface area contributed by atoms with Crippen LogP contribution in [0, 0.1) is 6.92 Å². The van der Waals surface area contributed by atoms with E-state index in [0.717, 1.165) is 31.0 Å². The highest BCUT2D eigenvalue weighted by Gasteiger charge is 1.98. The molecule has 2 heterocycles. The molecular formula is C12H16N4. The number of aromatic amines is 1.